The fourth-order valence-electron chi connectivity index (χ4n) is 3.87. The van der Waals surface area contributed by atoms with Crippen LogP contribution in [-0.4, -0.2) is 57.9 Å². The first-order valence-corrected chi connectivity index (χ1v) is 12.6. The van der Waals surface area contributed by atoms with Gasteiger partial charge in [-0.25, -0.2) is 8.42 Å². The predicted molar refractivity (Wildman–Crippen MR) is 124 cm³/mol. The van der Waals surface area contributed by atoms with Gasteiger partial charge in [-0.15, -0.1) is 0 Å². The predicted octanol–water partition coefficient (Wildman–Crippen LogP) is 2.15. The van der Waals surface area contributed by atoms with Crippen LogP contribution >= 0.6 is 0 Å². The van der Waals surface area contributed by atoms with Gasteiger partial charge in [0.05, 0.1) is 35.3 Å². The Bertz CT molecular complexity index is 1130. The highest BCUT2D eigenvalue weighted by Crippen LogP contribution is 2.35. The van der Waals surface area contributed by atoms with E-state index in [0.717, 1.165) is 12.8 Å². The molecule has 1 fully saturated rings. The second-order valence-corrected chi connectivity index (χ2v) is 10.1. The van der Waals surface area contributed by atoms with Crippen molar-refractivity contribution in [3.63, 3.8) is 0 Å². The number of hydrogen-bond acceptors (Lipinski definition) is 6. The number of sulfonamides is 1. The van der Waals surface area contributed by atoms with Crippen molar-refractivity contribution >= 4 is 33.2 Å². The number of hydrogen-bond donors (Lipinski definition) is 2. The molecule has 4 rings (SSSR count). The average molecular weight is 474 g/mol. The van der Waals surface area contributed by atoms with Crippen LogP contribution in [-0.2, 0) is 19.6 Å². The fraction of sp³-hybridized carbons (Fsp3) is 0.391. The van der Waals surface area contributed by atoms with E-state index in [1.54, 1.807) is 55.5 Å². The summed E-state index contributed by atoms with van der Waals surface area (Å²) in [5.74, 6) is -0.668. The van der Waals surface area contributed by atoms with Gasteiger partial charge in [-0.2, -0.15) is 0 Å². The highest BCUT2D eigenvalue weighted by molar-refractivity contribution is 7.92. The van der Waals surface area contributed by atoms with E-state index in [2.05, 4.69) is 10.6 Å². The van der Waals surface area contributed by atoms with Gasteiger partial charge in [0.15, 0.2) is 6.10 Å². The van der Waals surface area contributed by atoms with Crippen molar-refractivity contribution in [1.82, 2.24) is 5.32 Å². The Morgan fingerprint density at radius 2 is 1.88 bits per heavy atom. The third kappa shape index (κ3) is 5.12. The molecule has 0 aliphatic carbocycles. The van der Waals surface area contributed by atoms with Gasteiger partial charge in [-0.1, -0.05) is 24.3 Å². The number of rotatable bonds is 7. The lowest BCUT2D eigenvalue weighted by Gasteiger charge is -2.34. The zero-order valence-electron chi connectivity index (χ0n) is 18.3. The van der Waals surface area contributed by atoms with E-state index in [1.807, 2.05) is 0 Å². The van der Waals surface area contributed by atoms with E-state index in [4.69, 9.17) is 9.47 Å². The molecule has 0 aromatic heterocycles. The van der Waals surface area contributed by atoms with Crippen molar-refractivity contribution in [1.29, 1.82) is 0 Å². The number of carbonyl (C=O) groups is 2. The zero-order chi connectivity index (χ0) is 23.4. The molecule has 0 saturated carbocycles. The number of nitrogens with zero attached hydrogens (tertiary/aromatic N) is 1. The Hall–Kier alpha value is -3.11. The number of nitrogens with one attached hydrogen (secondary N) is 2. The van der Waals surface area contributed by atoms with Gasteiger partial charge in [0.2, 0.25) is 10.0 Å². The topological polar surface area (TPSA) is 114 Å². The molecule has 0 radical (unpaired) electrons. The largest absolute Gasteiger partial charge is 0.476 e. The highest BCUT2D eigenvalue weighted by Gasteiger charge is 2.36. The first-order chi connectivity index (χ1) is 15.9. The molecule has 9 nitrogen and oxygen atoms in total. The lowest BCUT2D eigenvalue weighted by Crippen LogP contribution is -2.49. The van der Waals surface area contributed by atoms with Crippen LogP contribution in [0.2, 0.25) is 0 Å². The second kappa shape index (κ2) is 9.80. The number of carbonyl (C=O) groups excluding carboxylic acids is 2. The van der Waals surface area contributed by atoms with Crippen molar-refractivity contribution in [3.05, 3.63) is 54.1 Å². The number of amides is 2. The molecule has 176 valence electrons. The molecule has 2 aliphatic heterocycles. The van der Waals surface area contributed by atoms with Crippen molar-refractivity contribution in [2.24, 2.45) is 0 Å². The molecule has 2 amide bonds. The Kier molecular flexibility index (Phi) is 6.85. The lowest BCUT2D eigenvalue weighted by molar-refractivity contribution is -0.122. The molecule has 2 heterocycles. The third-order valence-corrected chi connectivity index (χ3v) is 7.42. The standard InChI is InChI=1S/C23H27N3O6S/c1-2-33(29,30)26-15-21(32-20-12-6-5-11-19(20)26)23(28)25-18-10-4-3-9-17(18)22(27)24-14-16-8-7-13-31-16/h3-6,9-12,16,21H,2,7-8,13-15H2,1H3,(H,24,27)(H,25,28)/t16-,21-/m1/s1. The van der Waals surface area contributed by atoms with Crippen LogP contribution in [0, 0.1) is 0 Å². The molecule has 2 N–H and O–H groups in total. The molecule has 1 saturated heterocycles. The van der Waals surface area contributed by atoms with Crippen LogP contribution < -0.4 is 19.7 Å². The number of fused-ring (bicyclic) bond motifs is 1. The fourth-order valence-corrected chi connectivity index (χ4v) is 4.99. The monoisotopic (exact) mass is 473 g/mol. The van der Waals surface area contributed by atoms with E-state index in [-0.39, 0.29) is 24.3 Å². The number of ether oxygens (including phenoxy) is 2. The molecular weight excluding hydrogens is 446 g/mol. The van der Waals surface area contributed by atoms with Crippen LogP contribution in [0.3, 0.4) is 0 Å². The first kappa shape index (κ1) is 23.1. The Morgan fingerprint density at radius 3 is 2.64 bits per heavy atom. The van der Waals surface area contributed by atoms with Crippen molar-refractivity contribution in [2.45, 2.75) is 32.0 Å². The Balaban J connectivity index is 1.50. The Morgan fingerprint density at radius 1 is 1.12 bits per heavy atom. The van der Waals surface area contributed by atoms with Crippen molar-refractivity contribution in [2.75, 3.05) is 35.1 Å². The molecule has 33 heavy (non-hydrogen) atoms. The van der Waals surface area contributed by atoms with E-state index in [9.17, 15) is 18.0 Å². The van der Waals surface area contributed by atoms with Gasteiger partial charge >= 0.3 is 0 Å². The third-order valence-electron chi connectivity index (χ3n) is 5.67. The summed E-state index contributed by atoms with van der Waals surface area (Å²) in [6, 6.07) is 13.3. The SMILES string of the molecule is CCS(=O)(=O)N1C[C@H](C(=O)Nc2ccccc2C(=O)NC[C@H]2CCCO2)Oc2ccccc21. The van der Waals surface area contributed by atoms with Crippen LogP contribution in [0.4, 0.5) is 11.4 Å². The summed E-state index contributed by atoms with van der Waals surface area (Å²) in [6.07, 6.45) is 0.792. The molecular formula is C23H27N3O6S. The number of anilines is 2. The molecule has 10 heteroatoms. The average Bonchev–Trinajstić information content (AvgIpc) is 3.36. The molecule has 2 aromatic carbocycles. The summed E-state index contributed by atoms with van der Waals surface area (Å²) < 4.78 is 37.8. The smallest absolute Gasteiger partial charge is 0.267 e. The van der Waals surface area contributed by atoms with Crippen molar-refractivity contribution in [3.8, 4) is 5.75 Å². The summed E-state index contributed by atoms with van der Waals surface area (Å²) in [5, 5.41) is 5.58. The lowest BCUT2D eigenvalue weighted by atomic mass is 10.1. The summed E-state index contributed by atoms with van der Waals surface area (Å²) in [7, 11) is -3.61. The van der Waals surface area contributed by atoms with Gasteiger partial charge in [-0.05, 0) is 44.0 Å². The minimum Gasteiger partial charge on any atom is -0.476 e. The maximum absolute atomic E-state index is 13.1. The minimum absolute atomic E-state index is 0.00194. The van der Waals surface area contributed by atoms with Crippen LogP contribution in [0.15, 0.2) is 48.5 Å². The number of para-hydroxylation sites is 3. The summed E-state index contributed by atoms with van der Waals surface area (Å²) in [5.41, 5.74) is 1.02. The van der Waals surface area contributed by atoms with E-state index in [1.165, 1.54) is 4.31 Å². The highest BCUT2D eigenvalue weighted by atomic mass is 32.2. The quantitative estimate of drug-likeness (QED) is 0.637. The summed E-state index contributed by atoms with van der Waals surface area (Å²) in [6.45, 7) is 2.48. The molecule has 2 atom stereocenters. The summed E-state index contributed by atoms with van der Waals surface area (Å²) in [4.78, 5) is 25.8. The number of benzene rings is 2. The van der Waals surface area contributed by atoms with Crippen LogP contribution in [0.1, 0.15) is 30.1 Å². The van der Waals surface area contributed by atoms with E-state index >= 15 is 0 Å². The molecule has 2 aromatic rings. The second-order valence-electron chi connectivity index (χ2n) is 7.89. The van der Waals surface area contributed by atoms with Gasteiger partial charge < -0.3 is 20.1 Å². The van der Waals surface area contributed by atoms with Crippen LogP contribution in [0.5, 0.6) is 5.75 Å². The zero-order valence-corrected chi connectivity index (χ0v) is 19.1. The molecule has 0 spiro atoms. The van der Waals surface area contributed by atoms with Gasteiger partial charge in [0.1, 0.15) is 5.75 Å². The summed E-state index contributed by atoms with van der Waals surface area (Å²) >= 11 is 0. The maximum atomic E-state index is 13.1. The molecule has 2 aliphatic rings. The first-order valence-electron chi connectivity index (χ1n) is 10.9. The van der Waals surface area contributed by atoms with Gasteiger partial charge in [0, 0.05) is 13.2 Å². The molecule has 0 bridgehead atoms. The van der Waals surface area contributed by atoms with Gasteiger partial charge in [-0.3, -0.25) is 13.9 Å². The van der Waals surface area contributed by atoms with E-state index in [0.29, 0.717) is 35.8 Å². The normalized spacial score (nSPS) is 20.0. The Labute approximate surface area is 193 Å². The maximum Gasteiger partial charge on any atom is 0.267 e. The van der Waals surface area contributed by atoms with Gasteiger partial charge in [0.25, 0.3) is 11.8 Å². The van der Waals surface area contributed by atoms with Crippen molar-refractivity contribution < 1.29 is 27.5 Å². The van der Waals surface area contributed by atoms with Crippen LogP contribution in [0.25, 0.3) is 0 Å². The minimum atomic E-state index is -3.61. The molecule has 0 unspecified atom stereocenters. The van der Waals surface area contributed by atoms with E-state index < -0.39 is 22.0 Å².